The molecule has 3 heterocycles. The summed E-state index contributed by atoms with van der Waals surface area (Å²) in [6.07, 6.45) is 0. The fourth-order valence-electron chi connectivity index (χ4n) is 8.06. The molecule has 54 heavy (non-hydrogen) atoms. The van der Waals surface area contributed by atoms with Crippen LogP contribution in [0.25, 0.3) is 83.1 Å². The molecule has 0 bridgehead atoms. The van der Waals surface area contributed by atoms with Crippen molar-refractivity contribution in [2.75, 3.05) is 4.90 Å². The van der Waals surface area contributed by atoms with Gasteiger partial charge in [-0.2, -0.15) is 0 Å². The van der Waals surface area contributed by atoms with Crippen molar-refractivity contribution >= 4 is 71.9 Å². The van der Waals surface area contributed by atoms with Crippen LogP contribution >= 0.6 is 0 Å². The third-order valence-electron chi connectivity index (χ3n) is 10.4. The second-order valence-electron chi connectivity index (χ2n) is 13.5. The maximum Gasteiger partial charge on any atom is 0.227 e. The van der Waals surface area contributed by atoms with Crippen LogP contribution in [-0.2, 0) is 0 Å². The van der Waals surface area contributed by atoms with E-state index in [0.717, 1.165) is 83.3 Å². The lowest BCUT2D eigenvalue weighted by molar-refractivity contribution is 0.618. The fourth-order valence-corrected chi connectivity index (χ4v) is 8.06. The van der Waals surface area contributed by atoms with Gasteiger partial charge in [0.15, 0.2) is 11.2 Å². The number of rotatable bonds is 6. The summed E-state index contributed by atoms with van der Waals surface area (Å²) in [6, 6.07) is 65.4. The monoisotopic (exact) mass is 693 g/mol. The summed E-state index contributed by atoms with van der Waals surface area (Å²) < 4.78 is 16.2. The molecular weight excluding hydrogens is 663 g/mol. The van der Waals surface area contributed by atoms with Gasteiger partial charge < -0.3 is 18.3 Å². The Bertz CT molecular complexity index is 3160. The van der Waals surface area contributed by atoms with E-state index in [-0.39, 0.29) is 0 Å². The van der Waals surface area contributed by atoms with Crippen LogP contribution in [0.4, 0.5) is 17.1 Å². The lowest BCUT2D eigenvalue weighted by Gasteiger charge is -2.29. The molecule has 5 heteroatoms. The first-order valence-electron chi connectivity index (χ1n) is 18.1. The highest BCUT2D eigenvalue weighted by molar-refractivity contribution is 6.21. The molecule has 0 saturated carbocycles. The number of anilines is 3. The Morgan fingerprint density at radius 1 is 0.463 bits per heavy atom. The van der Waals surface area contributed by atoms with Crippen LogP contribution in [0.3, 0.4) is 0 Å². The first kappa shape index (κ1) is 30.3. The second-order valence-corrected chi connectivity index (χ2v) is 13.5. The van der Waals surface area contributed by atoms with Crippen molar-refractivity contribution in [1.82, 2.24) is 9.55 Å². The minimum absolute atomic E-state index is 0.553. The van der Waals surface area contributed by atoms with Gasteiger partial charge in [-0.3, -0.25) is 0 Å². The smallest absolute Gasteiger partial charge is 0.227 e. The summed E-state index contributed by atoms with van der Waals surface area (Å²) in [4.78, 5) is 7.50. The van der Waals surface area contributed by atoms with E-state index in [1.54, 1.807) is 0 Å². The van der Waals surface area contributed by atoms with Crippen LogP contribution in [0.2, 0.25) is 0 Å². The van der Waals surface area contributed by atoms with Crippen molar-refractivity contribution in [2.45, 2.75) is 0 Å². The molecule has 0 saturated heterocycles. The molecule has 11 aromatic rings. The average molecular weight is 694 g/mol. The highest BCUT2D eigenvalue weighted by atomic mass is 16.4. The average Bonchev–Trinajstić information content (AvgIpc) is 3.94. The molecule has 0 unspecified atom stereocenters. The van der Waals surface area contributed by atoms with Gasteiger partial charge in [0.2, 0.25) is 5.89 Å². The lowest BCUT2D eigenvalue weighted by Crippen LogP contribution is -2.13. The summed E-state index contributed by atoms with van der Waals surface area (Å²) in [7, 11) is 0. The van der Waals surface area contributed by atoms with E-state index in [2.05, 4.69) is 155 Å². The molecule has 0 aliphatic carbocycles. The highest BCUT2D eigenvalue weighted by Crippen LogP contribution is 2.51. The molecule has 0 aliphatic heterocycles. The maximum atomic E-state index is 6.93. The minimum Gasteiger partial charge on any atom is -0.454 e. The molecule has 0 fully saturated rings. The van der Waals surface area contributed by atoms with Gasteiger partial charge in [0, 0.05) is 38.4 Å². The third-order valence-corrected chi connectivity index (χ3v) is 10.4. The van der Waals surface area contributed by atoms with E-state index >= 15 is 0 Å². The van der Waals surface area contributed by atoms with Crippen molar-refractivity contribution in [1.29, 1.82) is 0 Å². The largest absolute Gasteiger partial charge is 0.454 e. The summed E-state index contributed by atoms with van der Waals surface area (Å²) >= 11 is 0. The van der Waals surface area contributed by atoms with Crippen molar-refractivity contribution in [3.63, 3.8) is 0 Å². The highest BCUT2D eigenvalue weighted by Gasteiger charge is 2.30. The van der Waals surface area contributed by atoms with Gasteiger partial charge >= 0.3 is 0 Å². The van der Waals surface area contributed by atoms with Gasteiger partial charge in [-0.1, -0.05) is 133 Å². The first-order chi connectivity index (χ1) is 26.8. The lowest BCUT2D eigenvalue weighted by atomic mass is 10.0. The molecule has 11 rings (SSSR count). The SMILES string of the molecule is c1ccc(-c2nc3cc4c(oc5ccccc54)c(N(c4ccccc4-c4ccccc4)c4cccc5c6ccccc6n(-c6ccccc6)c45)c3o2)cc1. The number of hydrogen-bond donors (Lipinski definition) is 0. The number of hydrogen-bond acceptors (Lipinski definition) is 4. The van der Waals surface area contributed by atoms with E-state index in [4.69, 9.17) is 13.8 Å². The molecule has 0 atom stereocenters. The van der Waals surface area contributed by atoms with Crippen LogP contribution < -0.4 is 4.90 Å². The topological polar surface area (TPSA) is 47.3 Å². The van der Waals surface area contributed by atoms with E-state index in [1.807, 2.05) is 42.5 Å². The Morgan fingerprint density at radius 3 is 1.91 bits per heavy atom. The van der Waals surface area contributed by atoms with Crippen molar-refractivity contribution in [2.24, 2.45) is 0 Å². The zero-order valence-corrected chi connectivity index (χ0v) is 29.1. The van der Waals surface area contributed by atoms with Gasteiger partial charge in [-0.05, 0) is 60.2 Å². The number of oxazole rings is 1. The molecule has 0 amide bonds. The zero-order chi connectivity index (χ0) is 35.6. The summed E-state index contributed by atoms with van der Waals surface area (Å²) in [6.45, 7) is 0. The van der Waals surface area contributed by atoms with E-state index in [9.17, 15) is 0 Å². The van der Waals surface area contributed by atoms with Crippen LogP contribution in [0.5, 0.6) is 0 Å². The van der Waals surface area contributed by atoms with Crippen LogP contribution in [-0.4, -0.2) is 9.55 Å². The minimum atomic E-state index is 0.553. The van der Waals surface area contributed by atoms with Crippen LogP contribution in [0.1, 0.15) is 0 Å². The number of nitrogens with zero attached hydrogens (tertiary/aromatic N) is 3. The summed E-state index contributed by atoms with van der Waals surface area (Å²) in [5.74, 6) is 0.553. The number of benzene rings is 8. The zero-order valence-electron chi connectivity index (χ0n) is 29.1. The maximum absolute atomic E-state index is 6.93. The quantitative estimate of drug-likeness (QED) is 0.174. The molecule has 8 aromatic carbocycles. The first-order valence-corrected chi connectivity index (χ1v) is 18.1. The summed E-state index contributed by atoms with van der Waals surface area (Å²) in [5, 5.41) is 4.31. The molecule has 254 valence electrons. The standard InChI is InChI=1S/C49H31N3O2/c1-4-17-32(18-5-1)35-23-10-13-27-41(35)52(43-29-16-26-38-36-24-11-14-28-42(36)51(45(38)43)34-21-8-3-9-22-34)46-47-39(37-25-12-15-30-44(37)53-47)31-40-48(46)54-49(50-40)33-19-6-2-7-20-33/h1-31H. The predicted octanol–water partition coefficient (Wildman–Crippen LogP) is 13.6. The van der Waals surface area contributed by atoms with Gasteiger partial charge in [0.25, 0.3) is 0 Å². The second kappa shape index (κ2) is 12.1. The Labute approximate surface area is 310 Å². The summed E-state index contributed by atoms with van der Waals surface area (Å²) in [5.41, 5.74) is 12.0. The van der Waals surface area contributed by atoms with E-state index < -0.39 is 0 Å². The van der Waals surface area contributed by atoms with Crippen LogP contribution in [0.15, 0.2) is 197 Å². The predicted molar refractivity (Wildman–Crippen MR) is 221 cm³/mol. The molecule has 0 radical (unpaired) electrons. The van der Waals surface area contributed by atoms with Gasteiger partial charge in [0.1, 0.15) is 16.8 Å². The number of furan rings is 1. The number of aromatic nitrogens is 2. The number of para-hydroxylation sites is 5. The van der Waals surface area contributed by atoms with Crippen molar-refractivity contribution < 1.29 is 8.83 Å². The third kappa shape index (κ3) is 4.62. The van der Waals surface area contributed by atoms with E-state index in [1.165, 1.54) is 5.39 Å². The molecule has 0 aliphatic rings. The fraction of sp³-hybridized carbons (Fsp3) is 0. The van der Waals surface area contributed by atoms with Gasteiger partial charge in [-0.25, -0.2) is 4.98 Å². The Balaban J connectivity index is 1.34. The Kier molecular flexibility index (Phi) is 6.79. The molecular formula is C49H31N3O2. The Morgan fingerprint density at radius 2 is 1.09 bits per heavy atom. The van der Waals surface area contributed by atoms with Gasteiger partial charge in [0.05, 0.1) is 22.4 Å². The van der Waals surface area contributed by atoms with Crippen molar-refractivity contribution in [3.05, 3.63) is 188 Å². The number of fused-ring (bicyclic) bond motifs is 7. The molecule has 3 aromatic heterocycles. The van der Waals surface area contributed by atoms with E-state index in [0.29, 0.717) is 11.5 Å². The molecule has 0 N–H and O–H groups in total. The molecule has 0 spiro atoms. The van der Waals surface area contributed by atoms with Gasteiger partial charge in [-0.15, -0.1) is 0 Å². The molecule has 5 nitrogen and oxygen atoms in total. The Hall–Kier alpha value is -7.37. The normalized spacial score (nSPS) is 11.7. The van der Waals surface area contributed by atoms with Crippen molar-refractivity contribution in [3.8, 4) is 28.3 Å². The van der Waals surface area contributed by atoms with Crippen LogP contribution in [0, 0.1) is 0 Å².